The van der Waals surface area contributed by atoms with E-state index in [0.717, 1.165) is 122 Å². The molecule has 1 unspecified atom stereocenters. The SMILES string of the molecule is CC/C=C\C/C=C\C/C=C\C/C=C\C/C=C\C/C=C\C/C=C\C/C=C\C/C=C\C/C=C\CCCCC(=O)OCC(COC(=O)CCCCCCCCCCCCCC)OC(=O)CCCCCCCCCCCCCCCCCCC. The summed E-state index contributed by atoms with van der Waals surface area (Å²) in [4.78, 5) is 38.3. The zero-order valence-corrected chi connectivity index (χ0v) is 52.3. The van der Waals surface area contributed by atoms with Crippen LogP contribution in [-0.2, 0) is 28.6 Å². The summed E-state index contributed by atoms with van der Waals surface area (Å²) < 4.78 is 16.9. The highest BCUT2D eigenvalue weighted by atomic mass is 16.6. The second-order valence-corrected chi connectivity index (χ2v) is 22.0. The molecule has 0 amide bonds. The van der Waals surface area contributed by atoms with Gasteiger partial charge in [0.25, 0.3) is 0 Å². The van der Waals surface area contributed by atoms with Gasteiger partial charge >= 0.3 is 17.9 Å². The summed E-state index contributed by atoms with van der Waals surface area (Å²) >= 11 is 0. The van der Waals surface area contributed by atoms with Gasteiger partial charge in [-0.05, 0) is 96.3 Å². The van der Waals surface area contributed by atoms with Gasteiger partial charge in [-0.3, -0.25) is 14.4 Å². The van der Waals surface area contributed by atoms with Crippen molar-refractivity contribution in [3.63, 3.8) is 0 Å². The van der Waals surface area contributed by atoms with Crippen LogP contribution in [0.25, 0.3) is 0 Å². The molecule has 0 bridgehead atoms. The molecule has 0 fully saturated rings. The van der Waals surface area contributed by atoms with Gasteiger partial charge in [0.1, 0.15) is 13.2 Å². The van der Waals surface area contributed by atoms with E-state index in [1.165, 1.54) is 148 Å². The van der Waals surface area contributed by atoms with Gasteiger partial charge in [0.15, 0.2) is 6.10 Å². The quantitative estimate of drug-likeness (QED) is 0.0261. The third-order valence-electron chi connectivity index (χ3n) is 14.2. The van der Waals surface area contributed by atoms with E-state index < -0.39 is 6.10 Å². The van der Waals surface area contributed by atoms with Crippen LogP contribution in [0.4, 0.5) is 0 Å². The van der Waals surface area contributed by atoms with Crippen LogP contribution in [0.15, 0.2) is 122 Å². The van der Waals surface area contributed by atoms with Crippen LogP contribution < -0.4 is 0 Å². The lowest BCUT2D eigenvalue weighted by atomic mass is 10.0. The Morgan fingerprint density at radius 3 is 0.762 bits per heavy atom. The molecule has 1 atom stereocenters. The Labute approximate surface area is 494 Å². The van der Waals surface area contributed by atoms with Gasteiger partial charge < -0.3 is 14.2 Å². The first-order valence-electron chi connectivity index (χ1n) is 33.5. The van der Waals surface area contributed by atoms with Crippen LogP contribution in [0.5, 0.6) is 0 Å². The lowest BCUT2D eigenvalue weighted by Crippen LogP contribution is -2.30. The van der Waals surface area contributed by atoms with E-state index in [2.05, 4.69) is 142 Å². The summed E-state index contributed by atoms with van der Waals surface area (Å²) in [6.45, 7) is 6.51. The predicted molar refractivity (Wildman–Crippen MR) is 348 cm³/mol. The summed E-state index contributed by atoms with van der Waals surface area (Å²) in [7, 11) is 0. The average Bonchev–Trinajstić information content (AvgIpc) is 3.46. The van der Waals surface area contributed by atoms with Crippen LogP contribution in [-0.4, -0.2) is 37.2 Å². The lowest BCUT2D eigenvalue weighted by Gasteiger charge is -2.18. The molecule has 0 aliphatic carbocycles. The molecular formula is C74H124O6. The molecule has 6 heteroatoms. The van der Waals surface area contributed by atoms with E-state index >= 15 is 0 Å². The summed E-state index contributed by atoms with van der Waals surface area (Å²) in [6, 6.07) is 0. The Hall–Kier alpha value is -4.19. The average molecular weight is 1110 g/mol. The molecule has 0 N–H and O–H groups in total. The molecule has 0 aromatic rings. The summed E-state index contributed by atoms with van der Waals surface area (Å²) in [5.74, 6) is -0.925. The van der Waals surface area contributed by atoms with Crippen molar-refractivity contribution in [3.05, 3.63) is 122 Å². The molecule has 0 heterocycles. The third-order valence-corrected chi connectivity index (χ3v) is 14.2. The molecule has 0 radical (unpaired) electrons. The lowest BCUT2D eigenvalue weighted by molar-refractivity contribution is -0.167. The van der Waals surface area contributed by atoms with Crippen molar-refractivity contribution in [2.45, 2.75) is 316 Å². The Bertz CT molecular complexity index is 1650. The highest BCUT2D eigenvalue weighted by molar-refractivity contribution is 5.71. The number of rotatable bonds is 60. The summed E-state index contributed by atoms with van der Waals surface area (Å²) in [5, 5.41) is 0. The molecule has 0 spiro atoms. The van der Waals surface area contributed by atoms with Crippen molar-refractivity contribution in [2.24, 2.45) is 0 Å². The highest BCUT2D eigenvalue weighted by Crippen LogP contribution is 2.17. The molecule has 0 saturated heterocycles. The number of unbranched alkanes of at least 4 members (excludes halogenated alkanes) is 29. The number of ether oxygens (including phenoxy) is 3. The van der Waals surface area contributed by atoms with Gasteiger partial charge in [0, 0.05) is 19.3 Å². The zero-order chi connectivity index (χ0) is 57.8. The molecule has 6 nitrogen and oxygen atoms in total. The van der Waals surface area contributed by atoms with Gasteiger partial charge in [-0.2, -0.15) is 0 Å². The predicted octanol–water partition coefficient (Wildman–Crippen LogP) is 23.2. The molecule has 0 aromatic heterocycles. The van der Waals surface area contributed by atoms with Crippen LogP contribution in [0.1, 0.15) is 310 Å². The van der Waals surface area contributed by atoms with E-state index in [0.29, 0.717) is 19.3 Å². The third kappa shape index (κ3) is 64.6. The van der Waals surface area contributed by atoms with Crippen molar-refractivity contribution in [3.8, 4) is 0 Å². The first-order chi connectivity index (χ1) is 39.5. The second kappa shape index (κ2) is 67.3. The number of hydrogen-bond donors (Lipinski definition) is 0. The topological polar surface area (TPSA) is 78.9 Å². The van der Waals surface area contributed by atoms with Gasteiger partial charge in [-0.25, -0.2) is 0 Å². The van der Waals surface area contributed by atoms with Crippen LogP contribution in [0.2, 0.25) is 0 Å². The molecule has 0 aliphatic heterocycles. The smallest absolute Gasteiger partial charge is 0.306 e. The first kappa shape index (κ1) is 75.8. The largest absolute Gasteiger partial charge is 0.462 e. The fraction of sp³-hybridized carbons (Fsp3) is 0.689. The number of carbonyl (C=O) groups is 3. The Morgan fingerprint density at radius 2 is 0.487 bits per heavy atom. The van der Waals surface area contributed by atoms with Gasteiger partial charge in [0.2, 0.25) is 0 Å². The van der Waals surface area contributed by atoms with E-state index in [-0.39, 0.29) is 31.1 Å². The Morgan fingerprint density at radius 1 is 0.263 bits per heavy atom. The first-order valence-corrected chi connectivity index (χ1v) is 33.5. The Balaban J connectivity index is 4.35. The molecule has 0 aromatic carbocycles. The van der Waals surface area contributed by atoms with Crippen molar-refractivity contribution in [1.82, 2.24) is 0 Å². The number of esters is 3. The minimum absolute atomic E-state index is 0.0889. The number of hydrogen-bond acceptors (Lipinski definition) is 6. The standard InChI is InChI=1S/C74H124O6/c1-4-7-10-13-16-19-22-25-27-29-30-31-32-33-34-35-36-37-38-39-40-41-42-43-44-46-47-49-52-55-58-61-64-67-73(76)79-70-71(69-78-72(75)66-63-60-57-54-51-24-21-18-15-12-9-6-3)80-74(77)68-65-62-59-56-53-50-48-45-28-26-23-20-17-14-11-8-5-2/h7,10,16,19,25,27,30-31,33-34,36-37,39-40,42-43,46-47,52,55,71H,4-6,8-9,11-15,17-18,20-24,26,28-29,32,35,38,41,44-45,48-51,53-54,56-70H2,1-3H3/b10-7-,19-16-,27-25-,31-30-,34-33-,37-36-,40-39-,43-42-,47-46-,55-52-. The Kier molecular flexibility index (Phi) is 63.8. The van der Waals surface area contributed by atoms with E-state index in [4.69, 9.17) is 14.2 Å². The van der Waals surface area contributed by atoms with Gasteiger partial charge in [-0.1, -0.05) is 316 Å². The summed E-state index contributed by atoms with van der Waals surface area (Å²) in [5.41, 5.74) is 0. The van der Waals surface area contributed by atoms with E-state index in [9.17, 15) is 14.4 Å². The van der Waals surface area contributed by atoms with Crippen molar-refractivity contribution in [1.29, 1.82) is 0 Å². The molecule has 0 rings (SSSR count). The second-order valence-electron chi connectivity index (χ2n) is 22.0. The van der Waals surface area contributed by atoms with Crippen molar-refractivity contribution >= 4 is 17.9 Å². The minimum Gasteiger partial charge on any atom is -0.462 e. The zero-order valence-electron chi connectivity index (χ0n) is 52.3. The van der Waals surface area contributed by atoms with Crippen molar-refractivity contribution in [2.75, 3.05) is 13.2 Å². The fourth-order valence-electron chi connectivity index (χ4n) is 9.24. The van der Waals surface area contributed by atoms with Gasteiger partial charge in [0.05, 0.1) is 0 Å². The maximum Gasteiger partial charge on any atom is 0.306 e. The molecule has 0 aliphatic rings. The molecule has 0 saturated carbocycles. The number of allylic oxidation sites excluding steroid dienone is 20. The van der Waals surface area contributed by atoms with Crippen molar-refractivity contribution < 1.29 is 28.6 Å². The van der Waals surface area contributed by atoms with Crippen LogP contribution in [0.3, 0.4) is 0 Å². The number of carbonyl (C=O) groups excluding carboxylic acids is 3. The molecule has 80 heavy (non-hydrogen) atoms. The highest BCUT2D eigenvalue weighted by Gasteiger charge is 2.19. The van der Waals surface area contributed by atoms with E-state index in [1.807, 2.05) is 0 Å². The van der Waals surface area contributed by atoms with Gasteiger partial charge in [-0.15, -0.1) is 0 Å². The maximum atomic E-state index is 12.9. The van der Waals surface area contributed by atoms with E-state index in [1.54, 1.807) is 0 Å². The maximum absolute atomic E-state index is 12.9. The fourth-order valence-corrected chi connectivity index (χ4v) is 9.24. The normalized spacial score (nSPS) is 12.9. The monoisotopic (exact) mass is 1110 g/mol. The molecular weight excluding hydrogens is 985 g/mol. The van der Waals surface area contributed by atoms with Crippen LogP contribution in [0, 0.1) is 0 Å². The van der Waals surface area contributed by atoms with Crippen LogP contribution >= 0.6 is 0 Å². The minimum atomic E-state index is -0.795. The molecule has 456 valence electrons. The summed E-state index contributed by atoms with van der Waals surface area (Å²) in [6.07, 6.45) is 93.6.